The zero-order valence-corrected chi connectivity index (χ0v) is 30.4. The van der Waals surface area contributed by atoms with Crippen LogP contribution in [0, 0.1) is 0 Å². The van der Waals surface area contributed by atoms with Crippen LogP contribution in [0.4, 0.5) is 17.1 Å². The Kier molecular flexibility index (Phi) is 8.43. The molecule has 0 spiro atoms. The Morgan fingerprint density at radius 1 is 0.321 bits per heavy atom. The van der Waals surface area contributed by atoms with Gasteiger partial charge in [-0.15, -0.1) is 0 Å². The first-order valence-electron chi connectivity index (χ1n) is 18.8. The normalized spacial score (nSPS) is 11.2. The second-order valence-corrected chi connectivity index (χ2v) is 13.6. The summed E-state index contributed by atoms with van der Waals surface area (Å²) in [7, 11) is 0. The van der Waals surface area contributed by atoms with E-state index < -0.39 is 0 Å². The summed E-state index contributed by atoms with van der Waals surface area (Å²) in [6.07, 6.45) is 0. The van der Waals surface area contributed by atoms with E-state index in [1.165, 1.54) is 0 Å². The number of nitrogens with zero attached hydrogens (tertiary/aromatic N) is 5. The summed E-state index contributed by atoms with van der Waals surface area (Å²) in [5.41, 5.74) is 11.3. The second-order valence-electron chi connectivity index (χ2n) is 13.6. The Hall–Kier alpha value is -7.63. The first-order valence-corrected chi connectivity index (χ1v) is 18.8. The average Bonchev–Trinajstić information content (AvgIpc) is 3.62. The SMILES string of the molecule is c1ccc(-c2ccccc2-c2nc(-c3ccccc3-c3ccccc3N(c3ccccc3)c3ccccc3)nc(-n3c4ccccc4c4ccccc43)n2)cc1. The Labute approximate surface area is 325 Å². The molecule has 5 heteroatoms. The molecule has 0 atom stereocenters. The predicted octanol–water partition coefficient (Wildman–Crippen LogP) is 13.1. The standard InChI is InChI=1S/C51H35N5/c1-4-20-36(21-5-1)39-26-10-12-31-44(39)49-52-50(54-51(53-49)56-47-34-18-15-29-42(47)43-30-16-19-35-48(43)56)45-32-13-11-27-40(45)41-28-14-17-33-46(41)55(37-22-6-2-7-23-37)38-24-8-3-9-25-38/h1-35H. The first-order chi connectivity index (χ1) is 27.8. The van der Waals surface area contributed by atoms with Crippen LogP contribution in [0.15, 0.2) is 212 Å². The minimum absolute atomic E-state index is 0.559. The maximum absolute atomic E-state index is 5.38. The molecule has 10 aromatic rings. The van der Waals surface area contributed by atoms with Gasteiger partial charge in [0.15, 0.2) is 11.6 Å². The van der Waals surface area contributed by atoms with E-state index in [0.717, 1.165) is 72.2 Å². The van der Waals surface area contributed by atoms with Gasteiger partial charge in [-0.25, -0.2) is 4.98 Å². The number of aromatic nitrogens is 4. The summed E-state index contributed by atoms with van der Waals surface area (Å²) >= 11 is 0. The molecule has 2 heterocycles. The lowest BCUT2D eigenvalue weighted by atomic mass is 9.96. The molecular formula is C51H35N5. The predicted molar refractivity (Wildman–Crippen MR) is 231 cm³/mol. The first kappa shape index (κ1) is 33.0. The monoisotopic (exact) mass is 717 g/mol. The van der Waals surface area contributed by atoms with Crippen molar-refractivity contribution in [3.8, 4) is 51.0 Å². The van der Waals surface area contributed by atoms with E-state index in [9.17, 15) is 0 Å². The van der Waals surface area contributed by atoms with Gasteiger partial charge in [-0.3, -0.25) is 4.57 Å². The molecule has 0 amide bonds. The molecule has 0 radical (unpaired) electrons. The van der Waals surface area contributed by atoms with E-state index in [0.29, 0.717) is 17.6 Å². The minimum Gasteiger partial charge on any atom is -0.310 e. The van der Waals surface area contributed by atoms with Crippen LogP contribution >= 0.6 is 0 Å². The van der Waals surface area contributed by atoms with Gasteiger partial charge in [-0.2, -0.15) is 9.97 Å². The van der Waals surface area contributed by atoms with E-state index in [2.05, 4.69) is 216 Å². The second kappa shape index (κ2) is 14.3. The smallest absolute Gasteiger partial charge is 0.238 e. The third-order valence-electron chi connectivity index (χ3n) is 10.3. The summed E-state index contributed by atoms with van der Waals surface area (Å²) in [4.78, 5) is 18.4. The van der Waals surface area contributed by atoms with Gasteiger partial charge in [0.1, 0.15) is 0 Å². The molecule has 2 aromatic heterocycles. The van der Waals surface area contributed by atoms with Crippen molar-refractivity contribution in [2.75, 3.05) is 4.90 Å². The molecule has 8 aromatic carbocycles. The van der Waals surface area contributed by atoms with E-state index in [4.69, 9.17) is 15.0 Å². The van der Waals surface area contributed by atoms with E-state index in [1.807, 2.05) is 6.07 Å². The van der Waals surface area contributed by atoms with Crippen molar-refractivity contribution in [2.45, 2.75) is 0 Å². The highest BCUT2D eigenvalue weighted by Crippen LogP contribution is 2.43. The van der Waals surface area contributed by atoms with Gasteiger partial charge in [0.2, 0.25) is 5.95 Å². The number of hydrogen-bond acceptors (Lipinski definition) is 4. The number of anilines is 3. The van der Waals surface area contributed by atoms with Crippen LogP contribution in [0.25, 0.3) is 72.8 Å². The molecule has 10 rings (SSSR count). The highest BCUT2D eigenvalue weighted by Gasteiger charge is 2.23. The third-order valence-corrected chi connectivity index (χ3v) is 10.3. The molecule has 0 aliphatic rings. The molecule has 0 aliphatic heterocycles. The number of benzene rings is 8. The van der Waals surface area contributed by atoms with Crippen molar-refractivity contribution in [3.05, 3.63) is 212 Å². The van der Waals surface area contributed by atoms with Crippen LogP contribution < -0.4 is 4.90 Å². The molecular weight excluding hydrogens is 683 g/mol. The van der Waals surface area contributed by atoms with Crippen LogP contribution in [0.5, 0.6) is 0 Å². The van der Waals surface area contributed by atoms with Gasteiger partial charge in [-0.05, 0) is 59.2 Å². The summed E-state index contributed by atoms with van der Waals surface area (Å²) < 4.78 is 2.17. The Bertz CT molecular complexity index is 2880. The summed E-state index contributed by atoms with van der Waals surface area (Å²) in [6.45, 7) is 0. The molecule has 56 heavy (non-hydrogen) atoms. The lowest BCUT2D eigenvalue weighted by molar-refractivity contribution is 0.954. The maximum atomic E-state index is 5.38. The van der Waals surface area contributed by atoms with Crippen molar-refractivity contribution in [1.82, 2.24) is 19.5 Å². The van der Waals surface area contributed by atoms with Gasteiger partial charge >= 0.3 is 0 Å². The zero-order chi connectivity index (χ0) is 37.3. The summed E-state index contributed by atoms with van der Waals surface area (Å²) in [6, 6.07) is 73.8. The number of fused-ring (bicyclic) bond motifs is 3. The average molecular weight is 718 g/mol. The van der Waals surface area contributed by atoms with Crippen molar-refractivity contribution < 1.29 is 0 Å². The van der Waals surface area contributed by atoms with Crippen LogP contribution in [-0.4, -0.2) is 19.5 Å². The fourth-order valence-corrected chi connectivity index (χ4v) is 7.78. The Balaban J connectivity index is 1.24. The summed E-state index contributed by atoms with van der Waals surface area (Å²) in [5, 5.41) is 2.29. The van der Waals surface area contributed by atoms with E-state index in [1.54, 1.807) is 0 Å². The fourth-order valence-electron chi connectivity index (χ4n) is 7.78. The quantitative estimate of drug-likeness (QED) is 0.157. The van der Waals surface area contributed by atoms with Gasteiger partial charge < -0.3 is 4.90 Å². The molecule has 5 nitrogen and oxygen atoms in total. The van der Waals surface area contributed by atoms with Gasteiger partial charge in [-0.1, -0.05) is 170 Å². The number of para-hydroxylation sites is 5. The van der Waals surface area contributed by atoms with Crippen LogP contribution in [0.2, 0.25) is 0 Å². The van der Waals surface area contributed by atoms with Crippen LogP contribution in [0.1, 0.15) is 0 Å². The largest absolute Gasteiger partial charge is 0.310 e. The highest BCUT2D eigenvalue weighted by molar-refractivity contribution is 6.09. The van der Waals surface area contributed by atoms with Crippen molar-refractivity contribution in [3.63, 3.8) is 0 Å². The molecule has 0 fully saturated rings. The van der Waals surface area contributed by atoms with Gasteiger partial charge in [0, 0.05) is 38.8 Å². The van der Waals surface area contributed by atoms with Crippen LogP contribution in [-0.2, 0) is 0 Å². The van der Waals surface area contributed by atoms with Crippen molar-refractivity contribution in [1.29, 1.82) is 0 Å². The highest BCUT2D eigenvalue weighted by atomic mass is 15.2. The molecule has 0 saturated carbocycles. The minimum atomic E-state index is 0.559. The molecule has 0 aliphatic carbocycles. The number of rotatable bonds is 8. The molecule has 264 valence electrons. The van der Waals surface area contributed by atoms with Crippen molar-refractivity contribution in [2.24, 2.45) is 0 Å². The Morgan fingerprint density at radius 2 is 0.732 bits per heavy atom. The zero-order valence-electron chi connectivity index (χ0n) is 30.4. The maximum Gasteiger partial charge on any atom is 0.238 e. The summed E-state index contributed by atoms with van der Waals surface area (Å²) in [5.74, 6) is 1.75. The lowest BCUT2D eigenvalue weighted by Gasteiger charge is -2.28. The molecule has 0 saturated heterocycles. The van der Waals surface area contributed by atoms with Crippen LogP contribution in [0.3, 0.4) is 0 Å². The molecule has 0 bridgehead atoms. The fraction of sp³-hybridized carbons (Fsp3) is 0. The third kappa shape index (κ3) is 5.88. The van der Waals surface area contributed by atoms with E-state index >= 15 is 0 Å². The van der Waals surface area contributed by atoms with E-state index in [-0.39, 0.29) is 0 Å². The van der Waals surface area contributed by atoms with Gasteiger partial charge in [0.05, 0.1) is 16.7 Å². The van der Waals surface area contributed by atoms with Crippen molar-refractivity contribution >= 4 is 38.9 Å². The Morgan fingerprint density at radius 3 is 1.30 bits per heavy atom. The lowest BCUT2D eigenvalue weighted by Crippen LogP contribution is -2.11. The topological polar surface area (TPSA) is 46.8 Å². The number of hydrogen-bond donors (Lipinski definition) is 0. The molecule has 0 N–H and O–H groups in total. The van der Waals surface area contributed by atoms with Gasteiger partial charge in [0.25, 0.3) is 0 Å². The molecule has 0 unspecified atom stereocenters.